The van der Waals surface area contributed by atoms with Crippen LogP contribution in [0.4, 0.5) is 11.4 Å². The standard InChI is InChI=1S/C13H20N2O/c1-10(2)5-6-15-9-16-8-11-7-12(14)3-4-13(11)15/h3-4,7,10H,5-6,8-9,14H2,1-2H3. The average Bonchev–Trinajstić information content (AvgIpc) is 2.25. The molecule has 2 rings (SSSR count). The van der Waals surface area contributed by atoms with Gasteiger partial charge in [0.1, 0.15) is 6.73 Å². The molecule has 0 unspecified atom stereocenters. The zero-order valence-corrected chi connectivity index (χ0v) is 10.1. The molecule has 88 valence electrons. The Bertz CT molecular complexity index is 363. The fourth-order valence-corrected chi connectivity index (χ4v) is 1.96. The third-order valence-electron chi connectivity index (χ3n) is 2.93. The molecule has 3 nitrogen and oxygen atoms in total. The predicted molar refractivity (Wildman–Crippen MR) is 67.3 cm³/mol. The van der Waals surface area contributed by atoms with Crippen LogP contribution in [0.3, 0.4) is 0 Å². The zero-order chi connectivity index (χ0) is 11.5. The fourth-order valence-electron chi connectivity index (χ4n) is 1.96. The Balaban J connectivity index is 2.13. The van der Waals surface area contributed by atoms with E-state index in [0.717, 1.165) is 18.2 Å². The first-order valence-electron chi connectivity index (χ1n) is 5.88. The van der Waals surface area contributed by atoms with Crippen molar-refractivity contribution in [3.05, 3.63) is 23.8 Å². The van der Waals surface area contributed by atoms with Crippen LogP contribution in [-0.4, -0.2) is 13.3 Å². The normalized spacial score (nSPS) is 15.3. The van der Waals surface area contributed by atoms with Crippen molar-refractivity contribution in [1.82, 2.24) is 0 Å². The molecule has 0 aromatic heterocycles. The summed E-state index contributed by atoms with van der Waals surface area (Å²) in [6.45, 7) is 6.92. The molecular formula is C13H20N2O. The summed E-state index contributed by atoms with van der Waals surface area (Å²) in [6.07, 6.45) is 1.19. The quantitative estimate of drug-likeness (QED) is 0.796. The number of anilines is 2. The predicted octanol–water partition coefficient (Wildman–Crippen LogP) is 2.61. The molecule has 0 amide bonds. The number of ether oxygens (including phenoxy) is 1. The largest absolute Gasteiger partial charge is 0.399 e. The number of fused-ring (bicyclic) bond motifs is 1. The minimum Gasteiger partial charge on any atom is -0.399 e. The van der Waals surface area contributed by atoms with Gasteiger partial charge in [-0.3, -0.25) is 0 Å². The lowest BCUT2D eigenvalue weighted by atomic mass is 10.1. The molecule has 1 aliphatic heterocycles. The Hall–Kier alpha value is -1.22. The molecule has 0 radical (unpaired) electrons. The van der Waals surface area contributed by atoms with E-state index < -0.39 is 0 Å². The first kappa shape index (κ1) is 11.3. The van der Waals surface area contributed by atoms with Gasteiger partial charge in [-0.05, 0) is 30.5 Å². The van der Waals surface area contributed by atoms with Crippen molar-refractivity contribution < 1.29 is 4.74 Å². The Morgan fingerprint density at radius 2 is 2.25 bits per heavy atom. The van der Waals surface area contributed by atoms with Crippen molar-refractivity contribution in [1.29, 1.82) is 0 Å². The van der Waals surface area contributed by atoms with E-state index in [1.807, 2.05) is 12.1 Å². The zero-order valence-electron chi connectivity index (χ0n) is 10.1. The second kappa shape index (κ2) is 4.74. The van der Waals surface area contributed by atoms with Crippen molar-refractivity contribution in [2.75, 3.05) is 23.9 Å². The molecule has 0 atom stereocenters. The van der Waals surface area contributed by atoms with Gasteiger partial charge in [0.25, 0.3) is 0 Å². The van der Waals surface area contributed by atoms with Crippen LogP contribution >= 0.6 is 0 Å². The molecule has 0 saturated heterocycles. The highest BCUT2D eigenvalue weighted by atomic mass is 16.5. The average molecular weight is 220 g/mol. The van der Waals surface area contributed by atoms with Crippen LogP contribution in [-0.2, 0) is 11.3 Å². The summed E-state index contributed by atoms with van der Waals surface area (Å²) in [5.74, 6) is 0.721. The Kier molecular flexibility index (Phi) is 3.34. The number of rotatable bonds is 3. The van der Waals surface area contributed by atoms with Crippen molar-refractivity contribution in [3.8, 4) is 0 Å². The molecule has 0 aliphatic carbocycles. The summed E-state index contributed by atoms with van der Waals surface area (Å²) in [5, 5.41) is 0. The summed E-state index contributed by atoms with van der Waals surface area (Å²) in [5.41, 5.74) is 9.07. The smallest absolute Gasteiger partial charge is 0.119 e. The first-order chi connectivity index (χ1) is 7.66. The molecule has 1 aliphatic rings. The van der Waals surface area contributed by atoms with E-state index in [0.29, 0.717) is 13.3 Å². The molecule has 3 heteroatoms. The molecule has 0 fully saturated rings. The molecule has 1 aromatic rings. The lowest BCUT2D eigenvalue weighted by Crippen LogP contribution is -2.32. The van der Waals surface area contributed by atoms with Crippen LogP contribution in [0.2, 0.25) is 0 Å². The van der Waals surface area contributed by atoms with Crippen LogP contribution in [0.15, 0.2) is 18.2 Å². The van der Waals surface area contributed by atoms with Crippen molar-refractivity contribution in [2.45, 2.75) is 26.9 Å². The summed E-state index contributed by atoms with van der Waals surface area (Å²) in [4.78, 5) is 2.29. The maximum absolute atomic E-state index is 5.78. The maximum Gasteiger partial charge on any atom is 0.119 e. The van der Waals surface area contributed by atoms with E-state index in [4.69, 9.17) is 10.5 Å². The SMILES string of the molecule is CC(C)CCN1COCc2cc(N)ccc21. The van der Waals surface area contributed by atoms with Crippen LogP contribution in [0.25, 0.3) is 0 Å². The third-order valence-corrected chi connectivity index (χ3v) is 2.93. The van der Waals surface area contributed by atoms with E-state index in [1.165, 1.54) is 17.7 Å². The van der Waals surface area contributed by atoms with Crippen molar-refractivity contribution in [3.63, 3.8) is 0 Å². The number of nitrogens with zero attached hydrogens (tertiary/aromatic N) is 1. The Morgan fingerprint density at radius 3 is 3.00 bits per heavy atom. The van der Waals surface area contributed by atoms with Gasteiger partial charge in [0.2, 0.25) is 0 Å². The highest BCUT2D eigenvalue weighted by Crippen LogP contribution is 2.28. The lowest BCUT2D eigenvalue weighted by molar-refractivity contribution is 0.109. The van der Waals surface area contributed by atoms with Crippen LogP contribution in [0.5, 0.6) is 0 Å². The molecule has 0 spiro atoms. The minimum absolute atomic E-state index is 0.679. The van der Waals surface area contributed by atoms with Gasteiger partial charge in [-0.2, -0.15) is 0 Å². The van der Waals surface area contributed by atoms with Gasteiger partial charge in [0.15, 0.2) is 0 Å². The summed E-state index contributed by atoms with van der Waals surface area (Å²) in [6, 6.07) is 6.08. The van der Waals surface area contributed by atoms with Gasteiger partial charge in [-0.15, -0.1) is 0 Å². The van der Waals surface area contributed by atoms with Gasteiger partial charge < -0.3 is 15.4 Å². The molecule has 16 heavy (non-hydrogen) atoms. The Labute approximate surface area is 97.2 Å². The summed E-state index contributed by atoms with van der Waals surface area (Å²) < 4.78 is 5.57. The van der Waals surface area contributed by atoms with E-state index in [-0.39, 0.29) is 0 Å². The highest BCUT2D eigenvalue weighted by Gasteiger charge is 2.16. The molecule has 1 heterocycles. The number of hydrogen-bond acceptors (Lipinski definition) is 3. The van der Waals surface area contributed by atoms with Crippen LogP contribution in [0.1, 0.15) is 25.8 Å². The van der Waals surface area contributed by atoms with E-state index in [2.05, 4.69) is 24.8 Å². The van der Waals surface area contributed by atoms with Gasteiger partial charge in [0, 0.05) is 23.5 Å². The number of hydrogen-bond donors (Lipinski definition) is 1. The summed E-state index contributed by atoms with van der Waals surface area (Å²) in [7, 11) is 0. The molecule has 1 aromatic carbocycles. The third kappa shape index (κ3) is 2.47. The maximum atomic E-state index is 5.78. The summed E-state index contributed by atoms with van der Waals surface area (Å²) >= 11 is 0. The molecule has 0 saturated carbocycles. The lowest BCUT2D eigenvalue weighted by Gasteiger charge is -2.31. The fraction of sp³-hybridized carbons (Fsp3) is 0.538. The van der Waals surface area contributed by atoms with E-state index in [9.17, 15) is 0 Å². The van der Waals surface area contributed by atoms with Gasteiger partial charge >= 0.3 is 0 Å². The second-order valence-corrected chi connectivity index (χ2v) is 4.81. The molecular weight excluding hydrogens is 200 g/mol. The minimum atomic E-state index is 0.679. The Morgan fingerprint density at radius 1 is 1.44 bits per heavy atom. The second-order valence-electron chi connectivity index (χ2n) is 4.81. The van der Waals surface area contributed by atoms with Crippen molar-refractivity contribution in [2.24, 2.45) is 5.92 Å². The highest BCUT2D eigenvalue weighted by molar-refractivity contribution is 5.60. The van der Waals surface area contributed by atoms with Crippen LogP contribution in [0, 0.1) is 5.92 Å². The topological polar surface area (TPSA) is 38.5 Å². The molecule has 2 N–H and O–H groups in total. The first-order valence-corrected chi connectivity index (χ1v) is 5.88. The molecule has 0 bridgehead atoms. The monoisotopic (exact) mass is 220 g/mol. The number of benzene rings is 1. The van der Waals surface area contributed by atoms with Gasteiger partial charge in [-0.1, -0.05) is 13.8 Å². The van der Waals surface area contributed by atoms with E-state index >= 15 is 0 Å². The number of nitrogen functional groups attached to an aromatic ring is 1. The van der Waals surface area contributed by atoms with Gasteiger partial charge in [0.05, 0.1) is 6.61 Å². The number of nitrogens with two attached hydrogens (primary N) is 1. The van der Waals surface area contributed by atoms with Gasteiger partial charge in [-0.25, -0.2) is 0 Å². The van der Waals surface area contributed by atoms with Crippen molar-refractivity contribution >= 4 is 11.4 Å². The van der Waals surface area contributed by atoms with E-state index in [1.54, 1.807) is 0 Å². The van der Waals surface area contributed by atoms with Crippen LogP contribution < -0.4 is 10.6 Å².